The van der Waals surface area contributed by atoms with Gasteiger partial charge in [0.2, 0.25) is 11.8 Å². The van der Waals surface area contributed by atoms with E-state index in [1.165, 1.54) is 0 Å². The Kier molecular flexibility index (Phi) is 4.91. The quantitative estimate of drug-likeness (QED) is 0.673. The van der Waals surface area contributed by atoms with Gasteiger partial charge in [0, 0.05) is 19.5 Å². The second-order valence-corrected chi connectivity index (χ2v) is 5.73. The van der Waals surface area contributed by atoms with Gasteiger partial charge in [-0.05, 0) is 33.1 Å². The van der Waals surface area contributed by atoms with Crippen molar-refractivity contribution in [3.8, 4) is 0 Å². The van der Waals surface area contributed by atoms with Gasteiger partial charge in [-0.15, -0.1) is 0 Å². The van der Waals surface area contributed by atoms with E-state index >= 15 is 0 Å². The molecule has 2 atom stereocenters. The molecule has 0 aromatic carbocycles. The highest BCUT2D eigenvalue weighted by atomic mass is 16.4. The number of amides is 2. The number of rotatable bonds is 5. The summed E-state index contributed by atoms with van der Waals surface area (Å²) in [5.74, 6) is -1.78. The molecule has 1 aliphatic rings. The third-order valence-electron chi connectivity index (χ3n) is 3.70. The van der Waals surface area contributed by atoms with Crippen LogP contribution in [-0.4, -0.2) is 36.5 Å². The van der Waals surface area contributed by atoms with Crippen molar-refractivity contribution in [3.63, 3.8) is 0 Å². The minimum atomic E-state index is -0.832. The zero-order valence-electron chi connectivity index (χ0n) is 11.7. The molecule has 1 saturated carbocycles. The monoisotopic (exact) mass is 270 g/mol. The van der Waals surface area contributed by atoms with E-state index in [9.17, 15) is 14.4 Å². The lowest BCUT2D eigenvalue weighted by Gasteiger charge is -2.23. The fourth-order valence-electron chi connectivity index (χ4n) is 2.32. The van der Waals surface area contributed by atoms with Crippen LogP contribution in [0.5, 0.6) is 0 Å². The number of hydrogen-bond donors (Lipinski definition) is 3. The first kappa shape index (κ1) is 15.5. The Bertz CT molecular complexity index is 379. The molecule has 0 radical (unpaired) electrons. The molecule has 0 aromatic rings. The molecule has 6 heteroatoms. The van der Waals surface area contributed by atoms with Crippen LogP contribution in [0.1, 0.15) is 33.1 Å². The van der Waals surface area contributed by atoms with Crippen LogP contribution < -0.4 is 10.6 Å². The van der Waals surface area contributed by atoms with E-state index in [2.05, 4.69) is 10.6 Å². The fourth-order valence-corrected chi connectivity index (χ4v) is 2.32. The lowest BCUT2D eigenvalue weighted by Crippen LogP contribution is -2.45. The van der Waals surface area contributed by atoms with Crippen LogP contribution in [0.2, 0.25) is 0 Å². The van der Waals surface area contributed by atoms with Gasteiger partial charge >= 0.3 is 5.97 Å². The van der Waals surface area contributed by atoms with Crippen LogP contribution in [0.4, 0.5) is 0 Å². The van der Waals surface area contributed by atoms with Gasteiger partial charge in [0.05, 0.1) is 11.3 Å². The molecule has 0 aliphatic heterocycles. The number of carboxylic acid groups (broad SMARTS) is 1. The average molecular weight is 270 g/mol. The number of carbonyl (C=O) groups is 3. The van der Waals surface area contributed by atoms with Crippen molar-refractivity contribution < 1.29 is 19.5 Å². The van der Waals surface area contributed by atoms with Gasteiger partial charge in [0.25, 0.3) is 0 Å². The highest BCUT2D eigenvalue weighted by Gasteiger charge is 2.35. The number of carbonyl (C=O) groups excluding carboxylic acids is 2. The summed E-state index contributed by atoms with van der Waals surface area (Å²) in [7, 11) is 1.56. The summed E-state index contributed by atoms with van der Waals surface area (Å²) in [6.07, 6.45) is 1.54. The van der Waals surface area contributed by atoms with Gasteiger partial charge in [-0.1, -0.05) is 0 Å². The van der Waals surface area contributed by atoms with Gasteiger partial charge in [0.15, 0.2) is 0 Å². The summed E-state index contributed by atoms with van der Waals surface area (Å²) in [5.41, 5.74) is -0.671. The number of carboxylic acids is 1. The molecule has 1 aliphatic carbocycles. The third-order valence-corrected chi connectivity index (χ3v) is 3.70. The predicted octanol–water partition coefficient (Wildman–Crippen LogP) is 0.376. The molecule has 0 unspecified atom stereocenters. The SMILES string of the molecule is CNC(=O)C(C)(C)CNC(=O)[C@@H]1CC[C@H](C(=O)O)C1. The highest BCUT2D eigenvalue weighted by molar-refractivity contribution is 5.84. The maximum Gasteiger partial charge on any atom is 0.306 e. The third kappa shape index (κ3) is 3.94. The topological polar surface area (TPSA) is 95.5 Å². The maximum atomic E-state index is 11.9. The molecular formula is C13H22N2O4. The van der Waals surface area contributed by atoms with E-state index in [1.807, 2.05) is 0 Å². The van der Waals surface area contributed by atoms with E-state index in [0.29, 0.717) is 19.3 Å². The average Bonchev–Trinajstić information content (AvgIpc) is 2.84. The van der Waals surface area contributed by atoms with Crippen molar-refractivity contribution in [1.29, 1.82) is 0 Å². The van der Waals surface area contributed by atoms with Crippen LogP contribution >= 0.6 is 0 Å². The lowest BCUT2D eigenvalue weighted by atomic mass is 9.92. The first-order valence-electron chi connectivity index (χ1n) is 6.50. The normalized spacial score (nSPS) is 22.9. The Balaban J connectivity index is 2.45. The molecule has 0 saturated heterocycles. The molecule has 1 fully saturated rings. The standard InChI is InChI=1S/C13H22N2O4/c1-13(2,12(19)14-3)7-15-10(16)8-4-5-9(6-8)11(17)18/h8-9H,4-7H2,1-3H3,(H,14,19)(H,15,16)(H,17,18)/t8-,9+/m1/s1. The molecule has 1 rings (SSSR count). The van der Waals surface area contributed by atoms with Crippen molar-refractivity contribution in [2.45, 2.75) is 33.1 Å². The van der Waals surface area contributed by atoms with Crippen LogP contribution in [-0.2, 0) is 14.4 Å². The summed E-state index contributed by atoms with van der Waals surface area (Å²) in [6, 6.07) is 0. The first-order valence-corrected chi connectivity index (χ1v) is 6.50. The second kappa shape index (κ2) is 6.04. The van der Waals surface area contributed by atoms with Crippen molar-refractivity contribution in [3.05, 3.63) is 0 Å². The zero-order chi connectivity index (χ0) is 14.6. The number of nitrogens with one attached hydrogen (secondary N) is 2. The number of hydrogen-bond acceptors (Lipinski definition) is 3. The Morgan fingerprint density at radius 3 is 2.26 bits per heavy atom. The van der Waals surface area contributed by atoms with Crippen LogP contribution in [0.3, 0.4) is 0 Å². The molecule has 3 N–H and O–H groups in total. The minimum Gasteiger partial charge on any atom is -0.481 e. The Labute approximate surface area is 112 Å². The lowest BCUT2D eigenvalue weighted by molar-refractivity contribution is -0.141. The van der Waals surface area contributed by atoms with E-state index in [4.69, 9.17) is 5.11 Å². The summed E-state index contributed by atoms with van der Waals surface area (Å²) in [4.78, 5) is 34.3. The smallest absolute Gasteiger partial charge is 0.306 e. The molecule has 0 heterocycles. The van der Waals surface area contributed by atoms with Gasteiger partial charge in [-0.3, -0.25) is 14.4 Å². The summed E-state index contributed by atoms with van der Waals surface area (Å²) < 4.78 is 0. The maximum absolute atomic E-state index is 11.9. The van der Waals surface area contributed by atoms with E-state index in [1.54, 1.807) is 20.9 Å². The van der Waals surface area contributed by atoms with Crippen molar-refractivity contribution in [1.82, 2.24) is 10.6 Å². The predicted molar refractivity (Wildman–Crippen MR) is 69.3 cm³/mol. The minimum absolute atomic E-state index is 0.136. The molecule has 2 amide bonds. The Morgan fingerprint density at radius 2 is 1.79 bits per heavy atom. The molecular weight excluding hydrogens is 248 g/mol. The molecule has 108 valence electrons. The van der Waals surface area contributed by atoms with Crippen LogP contribution in [0.25, 0.3) is 0 Å². The highest BCUT2D eigenvalue weighted by Crippen LogP contribution is 2.31. The molecule has 6 nitrogen and oxygen atoms in total. The first-order chi connectivity index (χ1) is 8.77. The molecule has 0 bridgehead atoms. The second-order valence-electron chi connectivity index (χ2n) is 5.73. The van der Waals surface area contributed by atoms with Crippen molar-refractivity contribution in [2.24, 2.45) is 17.3 Å². The van der Waals surface area contributed by atoms with E-state index < -0.39 is 17.3 Å². The Morgan fingerprint density at radius 1 is 1.21 bits per heavy atom. The van der Waals surface area contributed by atoms with Crippen LogP contribution in [0, 0.1) is 17.3 Å². The number of aliphatic carboxylic acids is 1. The van der Waals surface area contributed by atoms with E-state index in [0.717, 1.165) is 0 Å². The zero-order valence-corrected chi connectivity index (χ0v) is 11.7. The van der Waals surface area contributed by atoms with Gasteiger partial charge in [-0.25, -0.2) is 0 Å². The Hall–Kier alpha value is -1.59. The molecule has 0 spiro atoms. The largest absolute Gasteiger partial charge is 0.481 e. The molecule has 19 heavy (non-hydrogen) atoms. The summed E-state index contributed by atoms with van der Waals surface area (Å²) in [6.45, 7) is 3.75. The summed E-state index contributed by atoms with van der Waals surface area (Å²) >= 11 is 0. The van der Waals surface area contributed by atoms with Crippen molar-refractivity contribution in [2.75, 3.05) is 13.6 Å². The van der Waals surface area contributed by atoms with Gasteiger partial charge < -0.3 is 15.7 Å². The van der Waals surface area contributed by atoms with E-state index in [-0.39, 0.29) is 24.3 Å². The fraction of sp³-hybridized carbons (Fsp3) is 0.769. The summed E-state index contributed by atoms with van der Waals surface area (Å²) in [5, 5.41) is 14.2. The van der Waals surface area contributed by atoms with Crippen LogP contribution in [0.15, 0.2) is 0 Å². The molecule has 0 aromatic heterocycles. The van der Waals surface area contributed by atoms with Crippen molar-refractivity contribution >= 4 is 17.8 Å². The van der Waals surface area contributed by atoms with Gasteiger partial charge in [-0.2, -0.15) is 0 Å². The van der Waals surface area contributed by atoms with Gasteiger partial charge in [0.1, 0.15) is 0 Å².